The van der Waals surface area contributed by atoms with Crippen LogP contribution in [0, 0.1) is 5.92 Å². The van der Waals surface area contributed by atoms with Gasteiger partial charge in [-0.25, -0.2) is 13.1 Å². The first-order valence-corrected chi connectivity index (χ1v) is 7.61. The molecule has 1 aliphatic heterocycles. The summed E-state index contributed by atoms with van der Waals surface area (Å²) in [5.74, 6) is -0.0118. The number of rotatable bonds is 4. The molecule has 7 heteroatoms. The molecule has 17 heavy (non-hydrogen) atoms. The van der Waals surface area contributed by atoms with E-state index in [4.69, 9.17) is 5.73 Å². The van der Waals surface area contributed by atoms with E-state index in [0.717, 1.165) is 6.26 Å². The van der Waals surface area contributed by atoms with Crippen LogP contribution in [0.1, 0.15) is 20.3 Å². The number of carbonyl (C=O) groups excluding carboxylic acids is 1. The Labute approximate surface area is 103 Å². The highest BCUT2D eigenvalue weighted by Gasteiger charge is 2.31. The van der Waals surface area contributed by atoms with E-state index in [0.29, 0.717) is 19.5 Å². The average Bonchev–Trinajstić information content (AvgIpc) is 2.61. The number of nitrogens with zero attached hydrogens (tertiary/aromatic N) is 1. The Morgan fingerprint density at radius 1 is 1.47 bits per heavy atom. The van der Waals surface area contributed by atoms with Gasteiger partial charge in [-0.15, -0.1) is 0 Å². The van der Waals surface area contributed by atoms with E-state index in [1.165, 1.54) is 0 Å². The van der Waals surface area contributed by atoms with Crippen molar-refractivity contribution in [1.82, 2.24) is 9.62 Å². The number of likely N-dealkylation sites (tertiary alicyclic amines) is 1. The van der Waals surface area contributed by atoms with Crippen LogP contribution >= 0.6 is 0 Å². The van der Waals surface area contributed by atoms with Crippen molar-refractivity contribution in [3.63, 3.8) is 0 Å². The second kappa shape index (κ2) is 5.32. The lowest BCUT2D eigenvalue weighted by molar-refractivity contribution is -0.132. The molecule has 0 aromatic carbocycles. The van der Waals surface area contributed by atoms with E-state index in [1.807, 2.05) is 13.8 Å². The summed E-state index contributed by atoms with van der Waals surface area (Å²) in [6.45, 7) is 4.76. The highest BCUT2D eigenvalue weighted by Crippen LogP contribution is 2.13. The van der Waals surface area contributed by atoms with Crippen molar-refractivity contribution in [2.75, 3.05) is 19.3 Å². The van der Waals surface area contributed by atoms with Crippen LogP contribution in [0.15, 0.2) is 0 Å². The first kappa shape index (κ1) is 14.4. The van der Waals surface area contributed by atoms with Gasteiger partial charge in [-0.05, 0) is 12.3 Å². The van der Waals surface area contributed by atoms with Gasteiger partial charge in [0.05, 0.1) is 12.3 Å². The molecule has 0 aliphatic carbocycles. The monoisotopic (exact) mass is 263 g/mol. The van der Waals surface area contributed by atoms with Crippen molar-refractivity contribution in [2.24, 2.45) is 11.7 Å². The van der Waals surface area contributed by atoms with Gasteiger partial charge in [0.15, 0.2) is 0 Å². The first-order chi connectivity index (χ1) is 7.70. The van der Waals surface area contributed by atoms with Crippen LogP contribution < -0.4 is 10.5 Å². The number of hydrogen-bond acceptors (Lipinski definition) is 4. The number of amides is 1. The normalized spacial score (nSPS) is 23.1. The van der Waals surface area contributed by atoms with E-state index < -0.39 is 16.1 Å². The summed E-state index contributed by atoms with van der Waals surface area (Å²) < 4.78 is 24.6. The number of nitrogens with one attached hydrogen (secondary N) is 1. The zero-order valence-corrected chi connectivity index (χ0v) is 11.3. The highest BCUT2D eigenvalue weighted by molar-refractivity contribution is 7.88. The second-order valence-corrected chi connectivity index (χ2v) is 6.71. The maximum absolute atomic E-state index is 11.9. The Morgan fingerprint density at radius 2 is 2.06 bits per heavy atom. The molecule has 1 fully saturated rings. The zero-order chi connectivity index (χ0) is 13.2. The van der Waals surface area contributed by atoms with Crippen LogP contribution in [0.25, 0.3) is 0 Å². The third kappa shape index (κ3) is 4.25. The lowest BCUT2D eigenvalue weighted by atomic mass is 10.0. The number of carbonyl (C=O) groups is 1. The fourth-order valence-corrected chi connectivity index (χ4v) is 2.65. The smallest absolute Gasteiger partial charge is 0.239 e. The quantitative estimate of drug-likeness (QED) is 0.689. The van der Waals surface area contributed by atoms with Crippen molar-refractivity contribution < 1.29 is 13.2 Å². The summed E-state index contributed by atoms with van der Waals surface area (Å²) >= 11 is 0. The molecule has 0 saturated carbocycles. The molecular weight excluding hydrogens is 242 g/mol. The molecule has 3 N–H and O–H groups in total. The van der Waals surface area contributed by atoms with E-state index >= 15 is 0 Å². The molecule has 1 heterocycles. The zero-order valence-electron chi connectivity index (χ0n) is 10.5. The van der Waals surface area contributed by atoms with Crippen LogP contribution in [0.2, 0.25) is 0 Å². The van der Waals surface area contributed by atoms with Crippen molar-refractivity contribution in [3.05, 3.63) is 0 Å². The fourth-order valence-electron chi connectivity index (χ4n) is 1.86. The molecule has 2 atom stereocenters. The van der Waals surface area contributed by atoms with Crippen LogP contribution in [0.3, 0.4) is 0 Å². The molecule has 0 aromatic rings. The Morgan fingerprint density at radius 3 is 2.53 bits per heavy atom. The topological polar surface area (TPSA) is 92.5 Å². The largest absolute Gasteiger partial charge is 0.340 e. The van der Waals surface area contributed by atoms with Crippen LogP contribution in [-0.2, 0) is 14.8 Å². The van der Waals surface area contributed by atoms with Crippen molar-refractivity contribution in [1.29, 1.82) is 0 Å². The molecule has 1 saturated heterocycles. The summed E-state index contributed by atoms with van der Waals surface area (Å²) in [5, 5.41) is 0. The summed E-state index contributed by atoms with van der Waals surface area (Å²) in [5.41, 5.74) is 5.78. The summed E-state index contributed by atoms with van der Waals surface area (Å²) in [7, 11) is -3.21. The van der Waals surface area contributed by atoms with Crippen LogP contribution in [-0.4, -0.2) is 50.7 Å². The second-order valence-electron chi connectivity index (χ2n) is 4.93. The minimum Gasteiger partial charge on any atom is -0.340 e. The van der Waals surface area contributed by atoms with Gasteiger partial charge in [0.1, 0.15) is 0 Å². The third-order valence-electron chi connectivity index (χ3n) is 2.88. The van der Waals surface area contributed by atoms with Crippen LogP contribution in [0.4, 0.5) is 0 Å². The van der Waals surface area contributed by atoms with Crippen molar-refractivity contribution in [3.8, 4) is 0 Å². The molecule has 0 spiro atoms. The van der Waals surface area contributed by atoms with Gasteiger partial charge in [0, 0.05) is 19.1 Å². The van der Waals surface area contributed by atoms with Gasteiger partial charge in [0.2, 0.25) is 15.9 Å². The molecule has 1 rings (SSSR count). The summed E-state index contributed by atoms with van der Waals surface area (Å²) in [4.78, 5) is 13.6. The maximum Gasteiger partial charge on any atom is 0.239 e. The lowest BCUT2D eigenvalue weighted by Gasteiger charge is -2.23. The van der Waals surface area contributed by atoms with Crippen molar-refractivity contribution >= 4 is 15.9 Å². The molecule has 0 radical (unpaired) electrons. The predicted octanol–water partition coefficient (Wildman–Crippen LogP) is -0.880. The van der Waals surface area contributed by atoms with Gasteiger partial charge in [0.25, 0.3) is 0 Å². The molecule has 6 nitrogen and oxygen atoms in total. The fraction of sp³-hybridized carbons (Fsp3) is 0.900. The number of hydrogen-bond donors (Lipinski definition) is 2. The Balaban J connectivity index is 2.53. The minimum absolute atomic E-state index is 0.0874. The van der Waals surface area contributed by atoms with Gasteiger partial charge in [-0.1, -0.05) is 13.8 Å². The van der Waals surface area contributed by atoms with Gasteiger partial charge in [-0.3, -0.25) is 4.79 Å². The average molecular weight is 263 g/mol. The summed E-state index contributed by atoms with van der Waals surface area (Å²) in [6, 6.07) is -0.694. The standard InChI is InChI=1S/C10H21N3O3S/c1-7(2)9(11)10(14)13-5-4-8(6-13)12-17(3,15)16/h7-9,12H,4-6,11H2,1-3H3/t8?,9-/m0/s1. The molecule has 1 amide bonds. The minimum atomic E-state index is -3.21. The molecule has 0 aromatic heterocycles. The molecule has 0 bridgehead atoms. The Hall–Kier alpha value is -0.660. The van der Waals surface area contributed by atoms with E-state index in [1.54, 1.807) is 4.90 Å². The van der Waals surface area contributed by atoms with E-state index in [2.05, 4.69) is 4.72 Å². The van der Waals surface area contributed by atoms with Gasteiger partial charge >= 0.3 is 0 Å². The van der Waals surface area contributed by atoms with Gasteiger partial charge in [-0.2, -0.15) is 0 Å². The molecule has 1 unspecified atom stereocenters. The molecule has 100 valence electrons. The Kier molecular flexibility index (Phi) is 4.51. The van der Waals surface area contributed by atoms with Crippen molar-refractivity contribution in [2.45, 2.75) is 32.4 Å². The Bertz CT molecular complexity index is 380. The van der Waals surface area contributed by atoms with Crippen LogP contribution in [0.5, 0.6) is 0 Å². The third-order valence-corrected chi connectivity index (χ3v) is 3.65. The highest BCUT2D eigenvalue weighted by atomic mass is 32.2. The SMILES string of the molecule is CC(C)[C@H](N)C(=O)N1CCC(NS(C)(=O)=O)C1. The number of sulfonamides is 1. The van der Waals surface area contributed by atoms with E-state index in [9.17, 15) is 13.2 Å². The molecular formula is C10H21N3O3S. The predicted molar refractivity (Wildman–Crippen MR) is 65.8 cm³/mol. The van der Waals surface area contributed by atoms with Gasteiger partial charge < -0.3 is 10.6 Å². The number of nitrogens with two attached hydrogens (primary N) is 1. The van der Waals surface area contributed by atoms with E-state index in [-0.39, 0.29) is 17.9 Å². The molecule has 1 aliphatic rings. The summed E-state index contributed by atoms with van der Waals surface area (Å²) in [6.07, 6.45) is 1.76. The maximum atomic E-state index is 11.9. The first-order valence-electron chi connectivity index (χ1n) is 5.72. The lowest BCUT2D eigenvalue weighted by Crippen LogP contribution is -2.46.